The fraction of sp³-hybridized carbons (Fsp3) is 0.533. The first kappa shape index (κ1) is 16.1. The number of amides is 1. The Morgan fingerprint density at radius 2 is 2.24 bits per heavy atom. The molecule has 1 saturated heterocycles. The Balaban J connectivity index is 1.80. The summed E-state index contributed by atoms with van der Waals surface area (Å²) in [6.07, 6.45) is 1.47. The van der Waals surface area contributed by atoms with E-state index in [1.54, 1.807) is 25.1 Å². The molecule has 116 valence electrons. The molecule has 0 spiro atoms. The minimum Gasteiger partial charge on any atom is -0.397 e. The third-order valence-electron chi connectivity index (χ3n) is 3.56. The zero-order valence-corrected chi connectivity index (χ0v) is 12.9. The van der Waals surface area contributed by atoms with Gasteiger partial charge in [0.2, 0.25) is 0 Å². The summed E-state index contributed by atoms with van der Waals surface area (Å²) in [4.78, 5) is 12.0. The molecule has 1 heterocycles. The van der Waals surface area contributed by atoms with Crippen LogP contribution in [0.2, 0.25) is 5.02 Å². The van der Waals surface area contributed by atoms with Crippen LogP contribution in [-0.2, 0) is 14.3 Å². The van der Waals surface area contributed by atoms with Crippen molar-refractivity contribution in [2.75, 3.05) is 30.9 Å². The van der Waals surface area contributed by atoms with Gasteiger partial charge in [-0.2, -0.15) is 0 Å². The Morgan fingerprint density at radius 1 is 1.52 bits per heavy atom. The normalized spacial score (nSPS) is 17.4. The van der Waals surface area contributed by atoms with E-state index in [9.17, 15) is 4.79 Å². The van der Waals surface area contributed by atoms with Gasteiger partial charge < -0.3 is 20.5 Å². The number of carbonyl (C=O) groups excluding carboxylic acids is 1. The van der Waals surface area contributed by atoms with Crippen LogP contribution in [0.3, 0.4) is 0 Å². The van der Waals surface area contributed by atoms with Crippen molar-refractivity contribution in [3.63, 3.8) is 0 Å². The lowest BCUT2D eigenvalue weighted by atomic mass is 10.0. The van der Waals surface area contributed by atoms with Crippen LogP contribution >= 0.6 is 11.6 Å². The number of carbonyl (C=O) groups is 1. The van der Waals surface area contributed by atoms with Crippen molar-refractivity contribution >= 4 is 28.9 Å². The lowest BCUT2D eigenvalue weighted by Crippen LogP contribution is -2.30. The zero-order valence-electron chi connectivity index (χ0n) is 12.1. The first-order valence-electron chi connectivity index (χ1n) is 7.11. The molecule has 0 aromatic heterocycles. The monoisotopic (exact) mass is 312 g/mol. The highest BCUT2D eigenvalue weighted by Gasteiger charge is 2.18. The van der Waals surface area contributed by atoms with Crippen LogP contribution in [0.15, 0.2) is 18.2 Å². The fourth-order valence-corrected chi connectivity index (χ4v) is 2.25. The maximum atomic E-state index is 12.0. The average molecular weight is 313 g/mol. The van der Waals surface area contributed by atoms with Crippen LogP contribution < -0.4 is 11.1 Å². The average Bonchev–Trinajstić information content (AvgIpc) is 2.49. The van der Waals surface area contributed by atoms with Crippen molar-refractivity contribution in [3.05, 3.63) is 23.2 Å². The lowest BCUT2D eigenvalue weighted by Gasteiger charge is -2.23. The Hall–Kier alpha value is -1.30. The van der Waals surface area contributed by atoms with Crippen LogP contribution in [0.1, 0.15) is 19.8 Å². The maximum absolute atomic E-state index is 12.0. The van der Waals surface area contributed by atoms with E-state index in [1.807, 2.05) is 0 Å². The van der Waals surface area contributed by atoms with Crippen molar-refractivity contribution in [2.24, 2.45) is 5.92 Å². The molecule has 3 N–H and O–H groups in total. The number of nitrogens with two attached hydrogens (primary N) is 1. The quantitative estimate of drug-likeness (QED) is 0.820. The van der Waals surface area contributed by atoms with Crippen LogP contribution in [0.25, 0.3) is 0 Å². The highest BCUT2D eigenvalue weighted by Crippen LogP contribution is 2.22. The van der Waals surface area contributed by atoms with E-state index in [0.29, 0.717) is 28.9 Å². The smallest absolute Gasteiger partial charge is 0.253 e. The van der Waals surface area contributed by atoms with Gasteiger partial charge in [0.05, 0.1) is 17.3 Å². The lowest BCUT2D eigenvalue weighted by molar-refractivity contribution is -0.127. The van der Waals surface area contributed by atoms with E-state index in [-0.39, 0.29) is 5.91 Å². The molecule has 0 radical (unpaired) electrons. The molecular formula is C15H21ClN2O3. The molecule has 6 heteroatoms. The van der Waals surface area contributed by atoms with Crippen molar-refractivity contribution in [3.8, 4) is 0 Å². The predicted molar refractivity (Wildman–Crippen MR) is 83.5 cm³/mol. The standard InChI is InChI=1S/C15H21ClN2O3/c1-10(21-9-11-4-6-20-7-5-11)15(19)18-12-2-3-13(16)14(17)8-12/h2-3,8,10-11H,4-7,9,17H2,1H3,(H,18,19). The molecule has 0 saturated carbocycles. The number of anilines is 2. The summed E-state index contributed by atoms with van der Waals surface area (Å²) in [5.74, 6) is 0.281. The topological polar surface area (TPSA) is 73.6 Å². The molecule has 1 unspecified atom stereocenters. The summed E-state index contributed by atoms with van der Waals surface area (Å²) in [5.41, 5.74) is 6.75. The first-order valence-corrected chi connectivity index (χ1v) is 7.49. The van der Waals surface area contributed by atoms with E-state index in [4.69, 9.17) is 26.8 Å². The van der Waals surface area contributed by atoms with Gasteiger partial charge in [0.1, 0.15) is 6.10 Å². The van der Waals surface area contributed by atoms with Gasteiger partial charge in [-0.15, -0.1) is 0 Å². The minimum absolute atomic E-state index is 0.191. The first-order chi connectivity index (χ1) is 10.1. The Bertz CT molecular complexity index is 490. The van der Waals surface area contributed by atoms with E-state index in [1.165, 1.54) is 0 Å². The van der Waals surface area contributed by atoms with E-state index in [2.05, 4.69) is 5.32 Å². The third-order valence-corrected chi connectivity index (χ3v) is 3.90. The summed E-state index contributed by atoms with van der Waals surface area (Å²) in [7, 11) is 0. The fourth-order valence-electron chi connectivity index (χ4n) is 2.13. The zero-order chi connectivity index (χ0) is 15.2. The Kier molecular flexibility index (Phi) is 5.85. The van der Waals surface area contributed by atoms with E-state index in [0.717, 1.165) is 26.1 Å². The number of halogens is 1. The van der Waals surface area contributed by atoms with Gasteiger partial charge >= 0.3 is 0 Å². The second-order valence-corrected chi connectivity index (χ2v) is 5.66. The summed E-state index contributed by atoms with van der Waals surface area (Å²) >= 11 is 5.84. The van der Waals surface area contributed by atoms with Crippen LogP contribution in [0.4, 0.5) is 11.4 Å². The largest absolute Gasteiger partial charge is 0.397 e. The van der Waals surface area contributed by atoms with Gasteiger partial charge in [-0.1, -0.05) is 11.6 Å². The van der Waals surface area contributed by atoms with Crippen molar-refractivity contribution in [1.29, 1.82) is 0 Å². The SMILES string of the molecule is CC(OCC1CCOCC1)C(=O)Nc1ccc(Cl)c(N)c1. The minimum atomic E-state index is -0.509. The molecule has 1 aliphatic heterocycles. The number of benzene rings is 1. The number of nitrogen functional groups attached to an aromatic ring is 1. The molecule has 1 fully saturated rings. The van der Waals surface area contributed by atoms with Crippen LogP contribution in [0, 0.1) is 5.92 Å². The predicted octanol–water partition coefficient (Wildman–Crippen LogP) is 2.69. The van der Waals surface area contributed by atoms with Gasteiger partial charge in [0.15, 0.2) is 0 Å². The highest BCUT2D eigenvalue weighted by atomic mass is 35.5. The molecule has 1 atom stereocenters. The van der Waals surface area contributed by atoms with Gasteiger partial charge in [-0.05, 0) is 43.9 Å². The molecule has 1 aromatic carbocycles. The number of nitrogens with one attached hydrogen (secondary N) is 1. The molecule has 2 rings (SSSR count). The summed E-state index contributed by atoms with van der Waals surface area (Å²) in [6, 6.07) is 4.99. The Labute approximate surface area is 129 Å². The van der Waals surface area contributed by atoms with Gasteiger partial charge in [0.25, 0.3) is 5.91 Å². The summed E-state index contributed by atoms with van der Waals surface area (Å²) < 4.78 is 10.9. The van der Waals surface area contributed by atoms with Gasteiger partial charge in [0, 0.05) is 18.9 Å². The maximum Gasteiger partial charge on any atom is 0.253 e. The molecule has 0 bridgehead atoms. The third kappa shape index (κ3) is 4.88. The second kappa shape index (κ2) is 7.64. The number of hydrogen-bond acceptors (Lipinski definition) is 4. The molecule has 1 amide bonds. The van der Waals surface area contributed by atoms with Gasteiger partial charge in [-0.25, -0.2) is 0 Å². The van der Waals surface area contributed by atoms with E-state index < -0.39 is 6.10 Å². The Morgan fingerprint density at radius 3 is 2.90 bits per heavy atom. The van der Waals surface area contributed by atoms with Crippen LogP contribution in [-0.4, -0.2) is 31.8 Å². The number of ether oxygens (including phenoxy) is 2. The van der Waals surface area contributed by atoms with E-state index >= 15 is 0 Å². The number of hydrogen-bond donors (Lipinski definition) is 2. The van der Waals surface area contributed by atoms with Crippen molar-refractivity contribution in [1.82, 2.24) is 0 Å². The van der Waals surface area contributed by atoms with Crippen molar-refractivity contribution < 1.29 is 14.3 Å². The number of rotatable bonds is 5. The second-order valence-electron chi connectivity index (χ2n) is 5.26. The van der Waals surface area contributed by atoms with Gasteiger partial charge in [-0.3, -0.25) is 4.79 Å². The summed E-state index contributed by atoms with van der Waals surface area (Å²) in [5, 5.41) is 3.24. The summed E-state index contributed by atoms with van der Waals surface area (Å²) in [6.45, 7) is 3.88. The molecule has 5 nitrogen and oxygen atoms in total. The van der Waals surface area contributed by atoms with Crippen molar-refractivity contribution in [2.45, 2.75) is 25.9 Å². The molecule has 0 aliphatic carbocycles. The molecule has 21 heavy (non-hydrogen) atoms. The molecule has 1 aromatic rings. The molecular weight excluding hydrogens is 292 g/mol. The molecule has 1 aliphatic rings. The highest BCUT2D eigenvalue weighted by molar-refractivity contribution is 6.33. The van der Waals surface area contributed by atoms with Crippen LogP contribution in [0.5, 0.6) is 0 Å².